The smallest absolute Gasteiger partial charge is 0.328 e. The number of aliphatic carboxylic acids is 1. The van der Waals surface area contributed by atoms with E-state index in [2.05, 4.69) is 0 Å². The van der Waals surface area contributed by atoms with Crippen molar-refractivity contribution in [2.45, 2.75) is 4.90 Å². The van der Waals surface area contributed by atoms with E-state index in [4.69, 9.17) is 22.4 Å². The molecule has 3 nitrogen and oxygen atoms in total. The summed E-state index contributed by atoms with van der Waals surface area (Å²) in [6.07, 6.45) is 2.70. The number of carbonyl (C=O) groups is 1. The maximum atomic E-state index is 10.2. The fourth-order valence-corrected chi connectivity index (χ4v) is 1.89. The van der Waals surface area contributed by atoms with Crippen LogP contribution in [0.4, 0.5) is 5.69 Å². The fraction of sp³-hybridized carbons (Fsp3) is 0.100. The van der Waals surface area contributed by atoms with Gasteiger partial charge < -0.3 is 10.8 Å². The predicted octanol–water partition coefficient (Wildman–Crippen LogP) is 2.66. The Morgan fingerprint density at radius 1 is 1.60 bits per heavy atom. The Labute approximate surface area is 96.9 Å². The number of rotatable bonds is 4. The summed E-state index contributed by atoms with van der Waals surface area (Å²) >= 11 is 7.32. The lowest BCUT2D eigenvalue weighted by atomic mass is 10.3. The molecule has 0 saturated carbocycles. The van der Waals surface area contributed by atoms with Crippen LogP contribution in [0.2, 0.25) is 5.02 Å². The van der Waals surface area contributed by atoms with E-state index in [9.17, 15) is 4.79 Å². The summed E-state index contributed by atoms with van der Waals surface area (Å²) in [5.41, 5.74) is 6.09. The number of halogens is 1. The molecule has 15 heavy (non-hydrogen) atoms. The number of anilines is 1. The second-order valence-electron chi connectivity index (χ2n) is 2.73. The second-order valence-corrected chi connectivity index (χ2v) is 4.24. The molecule has 0 fully saturated rings. The normalized spacial score (nSPS) is 10.7. The van der Waals surface area contributed by atoms with Crippen LogP contribution in [-0.2, 0) is 4.79 Å². The first-order valence-corrected chi connectivity index (χ1v) is 5.53. The van der Waals surface area contributed by atoms with Gasteiger partial charge in [-0.3, -0.25) is 0 Å². The maximum Gasteiger partial charge on any atom is 0.328 e. The molecule has 0 unspecified atom stereocenters. The van der Waals surface area contributed by atoms with Gasteiger partial charge in [0.2, 0.25) is 0 Å². The highest BCUT2D eigenvalue weighted by molar-refractivity contribution is 7.99. The molecule has 3 N–H and O–H groups in total. The molecule has 0 bridgehead atoms. The lowest BCUT2D eigenvalue weighted by molar-refractivity contribution is -0.131. The first-order valence-electron chi connectivity index (χ1n) is 4.17. The van der Waals surface area contributed by atoms with Crippen LogP contribution in [0.25, 0.3) is 0 Å². The number of carboxylic acids is 1. The van der Waals surface area contributed by atoms with Crippen LogP contribution in [0.15, 0.2) is 35.2 Å². The zero-order chi connectivity index (χ0) is 11.3. The summed E-state index contributed by atoms with van der Waals surface area (Å²) in [4.78, 5) is 11.1. The minimum Gasteiger partial charge on any atom is -0.478 e. The molecule has 1 rings (SSSR count). The molecular formula is C10H10ClNO2S. The summed E-state index contributed by atoms with van der Waals surface area (Å²) < 4.78 is 0. The van der Waals surface area contributed by atoms with E-state index in [0.717, 1.165) is 11.0 Å². The Kier molecular flexibility index (Phi) is 4.52. The van der Waals surface area contributed by atoms with Crippen molar-refractivity contribution in [2.75, 3.05) is 11.5 Å². The molecule has 1 aromatic carbocycles. The summed E-state index contributed by atoms with van der Waals surface area (Å²) in [5.74, 6) is -0.349. The first kappa shape index (κ1) is 11.9. The molecule has 0 spiro atoms. The third kappa shape index (κ3) is 4.27. The number of hydrogen-bond acceptors (Lipinski definition) is 3. The number of benzene rings is 1. The molecule has 0 amide bonds. The lowest BCUT2D eigenvalue weighted by Crippen LogP contribution is -1.87. The molecule has 0 atom stereocenters. The fourth-order valence-electron chi connectivity index (χ4n) is 0.891. The predicted molar refractivity (Wildman–Crippen MR) is 63.4 cm³/mol. The average molecular weight is 244 g/mol. The van der Waals surface area contributed by atoms with Crippen molar-refractivity contribution in [2.24, 2.45) is 0 Å². The number of hydrogen-bond donors (Lipinski definition) is 2. The highest BCUT2D eigenvalue weighted by Gasteiger charge is 1.98. The Bertz CT molecular complexity index is 393. The van der Waals surface area contributed by atoms with Gasteiger partial charge in [0, 0.05) is 16.7 Å². The Morgan fingerprint density at radius 2 is 2.33 bits per heavy atom. The average Bonchev–Trinajstić information content (AvgIpc) is 2.18. The highest BCUT2D eigenvalue weighted by Crippen LogP contribution is 2.26. The van der Waals surface area contributed by atoms with E-state index >= 15 is 0 Å². The lowest BCUT2D eigenvalue weighted by Gasteiger charge is -2.01. The van der Waals surface area contributed by atoms with Gasteiger partial charge in [-0.25, -0.2) is 4.79 Å². The van der Waals surface area contributed by atoms with Crippen LogP contribution in [0, 0.1) is 0 Å². The Balaban J connectivity index is 2.51. The van der Waals surface area contributed by atoms with Crippen molar-refractivity contribution >= 4 is 35.0 Å². The SMILES string of the molecule is Nc1ccc(SC/C=C/C(=O)O)cc1Cl. The van der Waals surface area contributed by atoms with Gasteiger partial charge in [-0.1, -0.05) is 17.7 Å². The van der Waals surface area contributed by atoms with Gasteiger partial charge in [-0.05, 0) is 18.2 Å². The number of nitrogens with two attached hydrogens (primary N) is 1. The van der Waals surface area contributed by atoms with Crippen LogP contribution in [0.1, 0.15) is 0 Å². The molecule has 1 aromatic rings. The van der Waals surface area contributed by atoms with Crippen molar-refractivity contribution in [1.82, 2.24) is 0 Å². The van der Waals surface area contributed by atoms with Crippen molar-refractivity contribution in [3.8, 4) is 0 Å². The van der Waals surface area contributed by atoms with Gasteiger partial charge in [0.25, 0.3) is 0 Å². The number of carboxylic acid groups (broad SMARTS) is 1. The van der Waals surface area contributed by atoms with E-state index in [1.807, 2.05) is 6.07 Å². The molecule has 0 radical (unpaired) electrons. The van der Waals surface area contributed by atoms with Crippen LogP contribution in [0.5, 0.6) is 0 Å². The van der Waals surface area contributed by atoms with Crippen LogP contribution in [0.3, 0.4) is 0 Å². The third-order valence-electron chi connectivity index (χ3n) is 1.58. The Morgan fingerprint density at radius 3 is 2.93 bits per heavy atom. The largest absolute Gasteiger partial charge is 0.478 e. The van der Waals surface area contributed by atoms with Crippen LogP contribution >= 0.6 is 23.4 Å². The van der Waals surface area contributed by atoms with Crippen molar-refractivity contribution in [1.29, 1.82) is 0 Å². The third-order valence-corrected chi connectivity index (χ3v) is 2.85. The van der Waals surface area contributed by atoms with E-state index < -0.39 is 5.97 Å². The molecule has 0 saturated heterocycles. The quantitative estimate of drug-likeness (QED) is 0.485. The minimum absolute atomic E-state index is 0.516. The van der Waals surface area contributed by atoms with Gasteiger partial charge in [0.05, 0.1) is 10.7 Å². The van der Waals surface area contributed by atoms with Gasteiger partial charge in [0.1, 0.15) is 0 Å². The molecule has 0 aliphatic heterocycles. The van der Waals surface area contributed by atoms with Crippen LogP contribution in [-0.4, -0.2) is 16.8 Å². The van der Waals surface area contributed by atoms with E-state index in [1.165, 1.54) is 11.8 Å². The summed E-state index contributed by atoms with van der Waals surface area (Å²) in [6, 6.07) is 5.34. The number of nitrogen functional groups attached to an aromatic ring is 1. The van der Waals surface area contributed by atoms with Crippen molar-refractivity contribution in [3.63, 3.8) is 0 Å². The first-order chi connectivity index (χ1) is 7.09. The van der Waals surface area contributed by atoms with Crippen LogP contribution < -0.4 is 5.73 Å². The van der Waals surface area contributed by atoms with E-state index in [-0.39, 0.29) is 0 Å². The molecule has 5 heteroatoms. The summed E-state index contributed by atoms with van der Waals surface area (Å²) in [5, 5.41) is 8.87. The van der Waals surface area contributed by atoms with E-state index in [0.29, 0.717) is 16.5 Å². The highest BCUT2D eigenvalue weighted by atomic mass is 35.5. The van der Waals surface area contributed by atoms with Gasteiger partial charge in [0.15, 0.2) is 0 Å². The molecule has 0 aromatic heterocycles. The van der Waals surface area contributed by atoms with Crippen molar-refractivity contribution < 1.29 is 9.90 Å². The second kappa shape index (κ2) is 5.68. The topological polar surface area (TPSA) is 63.3 Å². The molecule has 0 heterocycles. The van der Waals surface area contributed by atoms with Gasteiger partial charge >= 0.3 is 5.97 Å². The molecule has 0 aliphatic carbocycles. The summed E-state index contributed by atoms with van der Waals surface area (Å²) in [6.45, 7) is 0. The maximum absolute atomic E-state index is 10.2. The minimum atomic E-state index is -0.939. The monoisotopic (exact) mass is 243 g/mol. The zero-order valence-corrected chi connectivity index (χ0v) is 9.39. The zero-order valence-electron chi connectivity index (χ0n) is 7.81. The Hall–Kier alpha value is -1.13. The molecular weight excluding hydrogens is 234 g/mol. The standard InChI is InChI=1S/C10H10ClNO2S/c11-8-6-7(3-4-9(8)12)15-5-1-2-10(13)14/h1-4,6H,5,12H2,(H,13,14)/b2-1+. The van der Waals surface area contributed by atoms with E-state index in [1.54, 1.807) is 18.2 Å². The summed E-state index contributed by atoms with van der Waals surface area (Å²) in [7, 11) is 0. The van der Waals surface area contributed by atoms with Gasteiger partial charge in [-0.15, -0.1) is 11.8 Å². The number of thioether (sulfide) groups is 1. The van der Waals surface area contributed by atoms with Crippen molar-refractivity contribution in [3.05, 3.63) is 35.4 Å². The molecule has 80 valence electrons. The van der Waals surface area contributed by atoms with Gasteiger partial charge in [-0.2, -0.15) is 0 Å². The molecule has 0 aliphatic rings.